The number of likely N-dealkylation sites (tertiary alicyclic amines) is 1. The van der Waals surface area contributed by atoms with Gasteiger partial charge < -0.3 is 5.73 Å². The fourth-order valence-electron chi connectivity index (χ4n) is 2.34. The lowest BCUT2D eigenvalue weighted by Gasteiger charge is -2.18. The SMILES string of the molecule is CC(N)C1CCN(Cc2c(F)cccc2Cl)C1. The Bertz CT molecular complexity index is 375. The zero-order chi connectivity index (χ0) is 12.4. The van der Waals surface area contributed by atoms with Crippen LogP contribution in [0.3, 0.4) is 0 Å². The van der Waals surface area contributed by atoms with Gasteiger partial charge in [-0.2, -0.15) is 0 Å². The molecule has 0 spiro atoms. The smallest absolute Gasteiger partial charge is 0.129 e. The van der Waals surface area contributed by atoms with Gasteiger partial charge in [0.2, 0.25) is 0 Å². The van der Waals surface area contributed by atoms with Crippen molar-refractivity contribution in [1.29, 1.82) is 0 Å². The summed E-state index contributed by atoms with van der Waals surface area (Å²) in [6.45, 7) is 4.51. The molecule has 2 nitrogen and oxygen atoms in total. The lowest BCUT2D eigenvalue weighted by molar-refractivity contribution is 0.304. The first-order valence-corrected chi connectivity index (χ1v) is 6.36. The molecule has 0 saturated carbocycles. The van der Waals surface area contributed by atoms with Gasteiger partial charge in [0.25, 0.3) is 0 Å². The van der Waals surface area contributed by atoms with Gasteiger partial charge in [0.05, 0.1) is 0 Å². The topological polar surface area (TPSA) is 29.3 Å². The summed E-state index contributed by atoms with van der Waals surface area (Å²) in [5.41, 5.74) is 6.48. The average Bonchev–Trinajstić information content (AvgIpc) is 2.72. The molecule has 0 bridgehead atoms. The Balaban J connectivity index is 2.03. The van der Waals surface area contributed by atoms with E-state index in [9.17, 15) is 4.39 Å². The minimum absolute atomic E-state index is 0.205. The normalized spacial score (nSPS) is 22.9. The second-order valence-corrected chi connectivity index (χ2v) is 5.25. The van der Waals surface area contributed by atoms with Crippen molar-refractivity contribution in [3.8, 4) is 0 Å². The predicted molar refractivity (Wildman–Crippen MR) is 68.4 cm³/mol. The van der Waals surface area contributed by atoms with Crippen LogP contribution in [0.15, 0.2) is 18.2 Å². The van der Waals surface area contributed by atoms with Gasteiger partial charge in [0, 0.05) is 29.7 Å². The van der Waals surface area contributed by atoms with Crippen molar-refractivity contribution in [2.24, 2.45) is 11.7 Å². The molecule has 4 heteroatoms. The van der Waals surface area contributed by atoms with Crippen LogP contribution in [-0.4, -0.2) is 24.0 Å². The van der Waals surface area contributed by atoms with Gasteiger partial charge in [-0.3, -0.25) is 4.90 Å². The third-order valence-electron chi connectivity index (χ3n) is 3.50. The molecule has 1 aromatic rings. The summed E-state index contributed by atoms with van der Waals surface area (Å²) < 4.78 is 13.6. The van der Waals surface area contributed by atoms with Gasteiger partial charge in [-0.25, -0.2) is 4.39 Å². The Morgan fingerprint density at radius 2 is 2.35 bits per heavy atom. The van der Waals surface area contributed by atoms with E-state index in [2.05, 4.69) is 4.90 Å². The number of halogens is 2. The van der Waals surface area contributed by atoms with Crippen LogP contribution in [0.25, 0.3) is 0 Å². The van der Waals surface area contributed by atoms with Crippen LogP contribution in [0.4, 0.5) is 4.39 Å². The van der Waals surface area contributed by atoms with E-state index in [0.717, 1.165) is 19.5 Å². The molecule has 0 radical (unpaired) electrons. The minimum Gasteiger partial charge on any atom is -0.328 e. The van der Waals surface area contributed by atoms with Crippen LogP contribution in [0.2, 0.25) is 5.02 Å². The second kappa shape index (κ2) is 5.34. The van der Waals surface area contributed by atoms with Crippen molar-refractivity contribution < 1.29 is 4.39 Å². The molecule has 1 aliphatic heterocycles. The Kier molecular flexibility index (Phi) is 4.02. The first-order chi connectivity index (χ1) is 8.08. The highest BCUT2D eigenvalue weighted by atomic mass is 35.5. The van der Waals surface area contributed by atoms with E-state index in [1.807, 2.05) is 6.92 Å². The van der Waals surface area contributed by atoms with Crippen molar-refractivity contribution in [3.63, 3.8) is 0 Å². The van der Waals surface area contributed by atoms with Crippen LogP contribution >= 0.6 is 11.6 Å². The van der Waals surface area contributed by atoms with E-state index in [4.69, 9.17) is 17.3 Å². The summed E-state index contributed by atoms with van der Waals surface area (Å²) in [6.07, 6.45) is 1.09. The molecule has 0 amide bonds. The van der Waals surface area contributed by atoms with Crippen LogP contribution in [0.1, 0.15) is 18.9 Å². The lowest BCUT2D eigenvalue weighted by Crippen LogP contribution is -2.29. The van der Waals surface area contributed by atoms with E-state index in [1.165, 1.54) is 6.07 Å². The summed E-state index contributed by atoms with van der Waals surface area (Å²) in [5.74, 6) is 0.294. The Morgan fingerprint density at radius 1 is 1.59 bits per heavy atom. The molecule has 2 N–H and O–H groups in total. The van der Waals surface area contributed by atoms with Crippen LogP contribution in [0, 0.1) is 11.7 Å². The average molecular weight is 257 g/mol. The van der Waals surface area contributed by atoms with Crippen LogP contribution in [-0.2, 0) is 6.54 Å². The zero-order valence-electron chi connectivity index (χ0n) is 10.00. The van der Waals surface area contributed by atoms with Crippen molar-refractivity contribution in [2.75, 3.05) is 13.1 Å². The van der Waals surface area contributed by atoms with Crippen molar-refractivity contribution in [2.45, 2.75) is 25.9 Å². The fraction of sp³-hybridized carbons (Fsp3) is 0.538. The molecule has 1 fully saturated rings. The first-order valence-electron chi connectivity index (χ1n) is 5.98. The molecule has 1 saturated heterocycles. The molecule has 1 aliphatic rings. The van der Waals surface area contributed by atoms with E-state index >= 15 is 0 Å². The van der Waals surface area contributed by atoms with Gasteiger partial charge in [-0.1, -0.05) is 17.7 Å². The van der Waals surface area contributed by atoms with Gasteiger partial charge in [0.15, 0.2) is 0 Å². The molecular formula is C13H18ClFN2. The monoisotopic (exact) mass is 256 g/mol. The van der Waals surface area contributed by atoms with Crippen molar-refractivity contribution >= 4 is 11.6 Å². The Hall–Kier alpha value is -0.640. The summed E-state index contributed by atoms with van der Waals surface area (Å²) >= 11 is 6.02. The highest BCUT2D eigenvalue weighted by molar-refractivity contribution is 6.31. The van der Waals surface area contributed by atoms with Gasteiger partial charge >= 0.3 is 0 Å². The number of nitrogens with zero attached hydrogens (tertiary/aromatic N) is 1. The van der Waals surface area contributed by atoms with E-state index in [-0.39, 0.29) is 11.9 Å². The van der Waals surface area contributed by atoms with Crippen molar-refractivity contribution in [3.05, 3.63) is 34.6 Å². The maximum atomic E-state index is 13.6. The van der Waals surface area contributed by atoms with Crippen molar-refractivity contribution in [1.82, 2.24) is 4.90 Å². The molecule has 1 aromatic carbocycles. The summed E-state index contributed by atoms with van der Waals surface area (Å²) in [5, 5.41) is 0.509. The van der Waals surface area contributed by atoms with E-state index in [1.54, 1.807) is 12.1 Å². The third-order valence-corrected chi connectivity index (χ3v) is 3.85. The molecule has 0 aromatic heterocycles. The number of hydrogen-bond acceptors (Lipinski definition) is 2. The van der Waals surface area contributed by atoms with E-state index < -0.39 is 0 Å². The van der Waals surface area contributed by atoms with Crippen LogP contribution < -0.4 is 5.73 Å². The highest BCUT2D eigenvalue weighted by Gasteiger charge is 2.26. The maximum absolute atomic E-state index is 13.6. The Labute approximate surface area is 107 Å². The first kappa shape index (κ1) is 12.8. The standard InChI is InChI=1S/C13H18ClFN2/c1-9(16)10-5-6-17(7-10)8-11-12(14)3-2-4-13(11)15/h2-4,9-10H,5-8,16H2,1H3. The molecular weight excluding hydrogens is 239 g/mol. The zero-order valence-corrected chi connectivity index (χ0v) is 10.8. The number of hydrogen-bond donors (Lipinski definition) is 1. The number of benzene rings is 1. The summed E-state index contributed by atoms with van der Waals surface area (Å²) in [4.78, 5) is 2.22. The molecule has 17 heavy (non-hydrogen) atoms. The quantitative estimate of drug-likeness (QED) is 0.901. The Morgan fingerprint density at radius 3 is 2.94 bits per heavy atom. The van der Waals surface area contributed by atoms with Gasteiger partial charge in [-0.05, 0) is 37.9 Å². The highest BCUT2D eigenvalue weighted by Crippen LogP contribution is 2.25. The van der Waals surface area contributed by atoms with Gasteiger partial charge in [-0.15, -0.1) is 0 Å². The van der Waals surface area contributed by atoms with E-state index in [0.29, 0.717) is 23.0 Å². The number of nitrogens with two attached hydrogens (primary N) is 1. The summed E-state index contributed by atoms with van der Waals surface area (Å²) in [7, 11) is 0. The minimum atomic E-state index is -0.221. The second-order valence-electron chi connectivity index (χ2n) is 4.84. The molecule has 2 unspecified atom stereocenters. The molecule has 1 heterocycles. The largest absolute Gasteiger partial charge is 0.328 e. The molecule has 94 valence electrons. The third kappa shape index (κ3) is 2.97. The van der Waals surface area contributed by atoms with Crippen LogP contribution in [0.5, 0.6) is 0 Å². The molecule has 0 aliphatic carbocycles. The van der Waals surface area contributed by atoms with Gasteiger partial charge in [0.1, 0.15) is 5.82 Å². The molecule has 2 rings (SSSR count). The lowest BCUT2D eigenvalue weighted by atomic mass is 10.0. The number of rotatable bonds is 3. The summed E-state index contributed by atoms with van der Waals surface area (Å²) in [6, 6.07) is 5.03. The predicted octanol–water partition coefficient (Wildman–Crippen LogP) is 2.65. The maximum Gasteiger partial charge on any atom is 0.129 e. The fourth-order valence-corrected chi connectivity index (χ4v) is 2.57. The molecule has 2 atom stereocenters.